The number of hydrogen-bond acceptors (Lipinski definition) is 5. The number of pyridine rings is 1. The molecule has 2 aliphatic heterocycles. The molecule has 4 heterocycles. The van der Waals surface area contributed by atoms with Crippen LogP contribution < -0.4 is 4.90 Å². The molecule has 0 unspecified atom stereocenters. The van der Waals surface area contributed by atoms with Gasteiger partial charge in [0.1, 0.15) is 5.82 Å². The maximum atomic E-state index is 6.23. The number of nitrogens with zero attached hydrogens (tertiary/aromatic N) is 5. The van der Waals surface area contributed by atoms with E-state index in [0.29, 0.717) is 0 Å². The molecule has 7 heteroatoms. The highest BCUT2D eigenvalue weighted by Crippen LogP contribution is 2.33. The Hall–Kier alpha value is -2.12. The Morgan fingerprint density at radius 2 is 1.74 bits per heavy atom. The third-order valence-corrected chi connectivity index (χ3v) is 8.40. The van der Waals surface area contributed by atoms with E-state index >= 15 is 0 Å². The Kier molecular flexibility index (Phi) is 6.72. The van der Waals surface area contributed by atoms with E-state index in [-0.39, 0.29) is 0 Å². The van der Waals surface area contributed by atoms with Crippen molar-refractivity contribution in [2.45, 2.75) is 50.9 Å². The molecule has 6 nitrogen and oxygen atoms in total. The second-order valence-corrected chi connectivity index (χ2v) is 11.2. The van der Waals surface area contributed by atoms with E-state index in [1.54, 1.807) is 0 Å². The molecule has 186 valence electrons. The minimum atomic E-state index is 0.736. The molecule has 1 N–H and O–H groups in total. The Labute approximate surface area is 213 Å². The Bertz CT molecular complexity index is 1120. The zero-order chi connectivity index (χ0) is 23.8. The number of piperazine rings is 1. The van der Waals surface area contributed by atoms with Crippen LogP contribution in [-0.2, 0) is 13.1 Å². The molecule has 3 aliphatic rings. The lowest BCUT2D eigenvalue weighted by Gasteiger charge is -2.37. The molecule has 1 saturated carbocycles. The summed E-state index contributed by atoms with van der Waals surface area (Å²) in [4.78, 5) is 18.5. The first-order valence-corrected chi connectivity index (χ1v) is 13.6. The van der Waals surface area contributed by atoms with Crippen molar-refractivity contribution in [3.8, 4) is 0 Å². The predicted molar refractivity (Wildman–Crippen MR) is 144 cm³/mol. The van der Waals surface area contributed by atoms with Crippen molar-refractivity contribution in [1.82, 2.24) is 24.7 Å². The van der Waals surface area contributed by atoms with Crippen molar-refractivity contribution >= 4 is 28.3 Å². The van der Waals surface area contributed by atoms with Crippen LogP contribution in [0.1, 0.15) is 36.8 Å². The molecule has 0 atom stereocenters. The standard InChI is InChI=1S/C28H37ClN6/c1-32-10-8-25(9-11-32)35(24-4-5-24)19-21-2-7-28(31-17-21)34-14-12-33(13-15-34)20-22-18-30-27-6-3-23(29)16-26(22)27/h2-3,6-7,16-18,24-25,30H,4-5,8-15,19-20H2,1H3. The maximum absolute atomic E-state index is 6.23. The first-order chi connectivity index (χ1) is 17.1. The topological polar surface area (TPSA) is 41.6 Å². The van der Waals surface area contributed by atoms with E-state index in [1.165, 1.54) is 55.3 Å². The molecule has 3 aromatic rings. The number of piperidine rings is 1. The number of nitrogens with one attached hydrogen (secondary N) is 1. The van der Waals surface area contributed by atoms with Crippen LogP contribution in [0.15, 0.2) is 42.7 Å². The number of anilines is 1. The van der Waals surface area contributed by atoms with Crippen molar-refractivity contribution in [3.63, 3.8) is 0 Å². The predicted octanol–water partition coefficient (Wildman–Crippen LogP) is 4.60. The molecule has 1 aromatic carbocycles. The van der Waals surface area contributed by atoms with Crippen LogP contribution in [-0.4, -0.2) is 83.1 Å². The molecule has 1 aliphatic carbocycles. The van der Waals surface area contributed by atoms with Gasteiger partial charge < -0.3 is 14.8 Å². The molecule has 0 amide bonds. The Morgan fingerprint density at radius 1 is 0.971 bits per heavy atom. The molecule has 0 spiro atoms. The van der Waals surface area contributed by atoms with Crippen LogP contribution in [0.5, 0.6) is 0 Å². The van der Waals surface area contributed by atoms with E-state index in [2.05, 4.69) is 68.3 Å². The number of halogens is 1. The molecular formula is C28H37ClN6. The van der Waals surface area contributed by atoms with Crippen LogP contribution in [0.4, 0.5) is 5.82 Å². The summed E-state index contributed by atoms with van der Waals surface area (Å²) in [7, 11) is 2.25. The van der Waals surface area contributed by atoms with E-state index in [1.807, 2.05) is 6.07 Å². The van der Waals surface area contributed by atoms with E-state index < -0.39 is 0 Å². The van der Waals surface area contributed by atoms with E-state index in [9.17, 15) is 0 Å². The summed E-state index contributed by atoms with van der Waals surface area (Å²) < 4.78 is 0. The molecule has 3 fully saturated rings. The number of hydrogen-bond donors (Lipinski definition) is 1. The second kappa shape index (κ2) is 10.1. The minimum absolute atomic E-state index is 0.736. The zero-order valence-corrected chi connectivity index (χ0v) is 21.6. The monoisotopic (exact) mass is 492 g/mol. The lowest BCUT2D eigenvalue weighted by Crippen LogP contribution is -2.46. The Balaban J connectivity index is 1.04. The summed E-state index contributed by atoms with van der Waals surface area (Å²) >= 11 is 6.23. The van der Waals surface area contributed by atoms with Crippen molar-refractivity contribution < 1.29 is 0 Å². The lowest BCUT2D eigenvalue weighted by molar-refractivity contribution is 0.107. The molecule has 2 aromatic heterocycles. The highest BCUT2D eigenvalue weighted by atomic mass is 35.5. The van der Waals surface area contributed by atoms with E-state index in [0.717, 1.165) is 67.7 Å². The largest absolute Gasteiger partial charge is 0.361 e. The molecule has 2 saturated heterocycles. The van der Waals surface area contributed by atoms with Crippen molar-refractivity contribution in [3.05, 3.63) is 58.9 Å². The SMILES string of the molecule is CN1CCC(N(Cc2ccc(N3CCN(Cc4c[nH]c5ccc(Cl)cc45)CC3)nc2)C2CC2)CC1. The molecule has 35 heavy (non-hydrogen) atoms. The van der Waals surface area contributed by atoms with Gasteiger partial charge in [0.2, 0.25) is 0 Å². The molecule has 0 radical (unpaired) electrons. The van der Waals surface area contributed by atoms with Crippen molar-refractivity contribution in [2.24, 2.45) is 0 Å². The van der Waals surface area contributed by atoms with Crippen LogP contribution in [0.25, 0.3) is 10.9 Å². The molecular weight excluding hydrogens is 456 g/mol. The van der Waals surface area contributed by atoms with Gasteiger partial charge in [-0.15, -0.1) is 0 Å². The third kappa shape index (κ3) is 5.36. The third-order valence-electron chi connectivity index (χ3n) is 8.17. The number of benzene rings is 1. The van der Waals surface area contributed by atoms with E-state index in [4.69, 9.17) is 16.6 Å². The van der Waals surface area contributed by atoms with Crippen molar-refractivity contribution in [1.29, 1.82) is 0 Å². The van der Waals surface area contributed by atoms with Gasteiger partial charge in [-0.05, 0) is 81.2 Å². The van der Waals surface area contributed by atoms with Gasteiger partial charge in [0.25, 0.3) is 0 Å². The van der Waals surface area contributed by atoms with Gasteiger partial charge in [-0.1, -0.05) is 17.7 Å². The highest BCUT2D eigenvalue weighted by molar-refractivity contribution is 6.31. The summed E-state index contributed by atoms with van der Waals surface area (Å²) in [6.07, 6.45) is 9.59. The van der Waals surface area contributed by atoms with Gasteiger partial charge in [-0.25, -0.2) is 4.98 Å². The van der Waals surface area contributed by atoms with Crippen LogP contribution in [0, 0.1) is 0 Å². The van der Waals surface area contributed by atoms with Gasteiger partial charge in [0.05, 0.1) is 0 Å². The maximum Gasteiger partial charge on any atom is 0.128 e. The minimum Gasteiger partial charge on any atom is -0.361 e. The number of H-pyrrole nitrogens is 1. The number of fused-ring (bicyclic) bond motifs is 1. The zero-order valence-electron chi connectivity index (χ0n) is 20.8. The quantitative estimate of drug-likeness (QED) is 0.522. The Morgan fingerprint density at radius 3 is 2.46 bits per heavy atom. The van der Waals surface area contributed by atoms with Gasteiger partial charge >= 0.3 is 0 Å². The summed E-state index contributed by atoms with van der Waals surface area (Å²) in [5.74, 6) is 1.12. The number of rotatable bonds is 7. The smallest absolute Gasteiger partial charge is 0.128 e. The number of aromatic amines is 1. The van der Waals surface area contributed by atoms with Gasteiger partial charge in [-0.3, -0.25) is 9.80 Å². The summed E-state index contributed by atoms with van der Waals surface area (Å²) in [6.45, 7) is 8.57. The molecule has 0 bridgehead atoms. The summed E-state index contributed by atoms with van der Waals surface area (Å²) in [5, 5.41) is 2.03. The fraction of sp³-hybridized carbons (Fsp3) is 0.536. The average Bonchev–Trinajstić information content (AvgIpc) is 3.66. The van der Waals surface area contributed by atoms with Gasteiger partial charge in [0, 0.05) is 79.7 Å². The number of likely N-dealkylation sites (tertiary alicyclic amines) is 1. The van der Waals surface area contributed by atoms with Crippen molar-refractivity contribution in [2.75, 3.05) is 51.2 Å². The highest BCUT2D eigenvalue weighted by Gasteiger charge is 2.35. The summed E-state index contributed by atoms with van der Waals surface area (Å²) in [6, 6.07) is 12.2. The second-order valence-electron chi connectivity index (χ2n) is 10.7. The average molecular weight is 493 g/mol. The fourth-order valence-electron chi connectivity index (χ4n) is 5.85. The first-order valence-electron chi connectivity index (χ1n) is 13.2. The molecule has 6 rings (SSSR count). The fourth-order valence-corrected chi connectivity index (χ4v) is 6.03. The van der Waals surface area contributed by atoms with Crippen LogP contribution in [0.3, 0.4) is 0 Å². The lowest BCUT2D eigenvalue weighted by atomic mass is 10.0. The summed E-state index contributed by atoms with van der Waals surface area (Å²) in [5.41, 5.74) is 3.84. The normalized spacial score (nSPS) is 20.8. The van der Waals surface area contributed by atoms with Crippen LogP contribution >= 0.6 is 11.6 Å². The van der Waals surface area contributed by atoms with Gasteiger partial charge in [0.15, 0.2) is 0 Å². The van der Waals surface area contributed by atoms with Crippen LogP contribution in [0.2, 0.25) is 5.02 Å². The number of aromatic nitrogens is 2. The first kappa shape index (κ1) is 23.3. The van der Waals surface area contributed by atoms with Gasteiger partial charge in [-0.2, -0.15) is 0 Å².